The van der Waals surface area contributed by atoms with Gasteiger partial charge in [-0.1, -0.05) is 11.6 Å². The lowest BCUT2D eigenvalue weighted by molar-refractivity contribution is -0.242. The number of halogens is 4. The first kappa shape index (κ1) is 22.8. The first-order chi connectivity index (χ1) is 13.3. The molecule has 0 aliphatic heterocycles. The lowest BCUT2D eigenvalue weighted by atomic mass is 10.1. The third-order valence-corrected chi connectivity index (χ3v) is 6.05. The van der Waals surface area contributed by atoms with Crippen molar-refractivity contribution in [3.05, 3.63) is 41.8 Å². The van der Waals surface area contributed by atoms with Crippen molar-refractivity contribution in [3.63, 3.8) is 0 Å². The standard InChI is InChI=1S/C16H16ClF3N4O4S/c1-3-24(13-9-21-6-7-22-13)29(27,28)10-4-5-12(11(17)8-10)23-14(25)15(2,26)16(18,19)20/h4-9,26H,3H2,1-2H3,(H,23,25)/t15-/m1/s1. The average molecular weight is 453 g/mol. The molecule has 0 aliphatic rings. The first-order valence-corrected chi connectivity index (χ1v) is 9.83. The van der Waals surface area contributed by atoms with E-state index in [2.05, 4.69) is 9.97 Å². The summed E-state index contributed by atoms with van der Waals surface area (Å²) in [6.07, 6.45) is -1.29. The fourth-order valence-corrected chi connectivity index (χ4v) is 3.87. The molecule has 1 atom stereocenters. The Labute approximate surface area is 169 Å². The van der Waals surface area contributed by atoms with Crippen LogP contribution in [0.5, 0.6) is 0 Å². The Bertz CT molecular complexity index is 1000. The summed E-state index contributed by atoms with van der Waals surface area (Å²) >= 11 is 5.95. The molecule has 0 bridgehead atoms. The zero-order valence-electron chi connectivity index (χ0n) is 15.1. The number of nitrogens with one attached hydrogen (secondary N) is 1. The second-order valence-electron chi connectivity index (χ2n) is 5.90. The SMILES string of the molecule is CCN(c1cnccn1)S(=O)(=O)c1ccc(NC(=O)[C@@](C)(O)C(F)(F)F)c(Cl)c1. The van der Waals surface area contributed by atoms with Crippen molar-refractivity contribution in [2.24, 2.45) is 0 Å². The van der Waals surface area contributed by atoms with Crippen molar-refractivity contribution in [1.82, 2.24) is 9.97 Å². The van der Waals surface area contributed by atoms with Crippen molar-refractivity contribution in [3.8, 4) is 0 Å². The topological polar surface area (TPSA) is 112 Å². The van der Waals surface area contributed by atoms with Crippen LogP contribution in [0.15, 0.2) is 41.7 Å². The maximum atomic E-state index is 12.9. The fraction of sp³-hybridized carbons (Fsp3) is 0.312. The van der Waals surface area contributed by atoms with Gasteiger partial charge in [-0.15, -0.1) is 0 Å². The summed E-state index contributed by atoms with van der Waals surface area (Å²) in [5.41, 5.74) is -3.96. The minimum atomic E-state index is -5.22. The monoisotopic (exact) mass is 452 g/mol. The largest absolute Gasteiger partial charge is 0.426 e. The Balaban J connectivity index is 2.35. The maximum absolute atomic E-state index is 12.9. The molecule has 158 valence electrons. The zero-order chi connectivity index (χ0) is 22.0. The molecular weight excluding hydrogens is 437 g/mol. The Hall–Kier alpha value is -2.44. The van der Waals surface area contributed by atoms with E-state index in [1.54, 1.807) is 6.92 Å². The molecule has 1 heterocycles. The molecule has 0 unspecified atom stereocenters. The second kappa shape index (κ2) is 8.13. The van der Waals surface area contributed by atoms with Crippen LogP contribution >= 0.6 is 11.6 Å². The van der Waals surface area contributed by atoms with Crippen LogP contribution in [0.1, 0.15) is 13.8 Å². The quantitative estimate of drug-likeness (QED) is 0.696. The molecule has 1 aromatic heterocycles. The summed E-state index contributed by atoms with van der Waals surface area (Å²) in [7, 11) is -4.12. The van der Waals surface area contributed by atoms with E-state index in [-0.39, 0.29) is 34.9 Å². The van der Waals surface area contributed by atoms with Crippen molar-refractivity contribution in [2.45, 2.75) is 30.5 Å². The van der Waals surface area contributed by atoms with Gasteiger partial charge in [0.2, 0.25) is 5.60 Å². The van der Waals surface area contributed by atoms with Crippen molar-refractivity contribution in [2.75, 3.05) is 16.2 Å². The molecular formula is C16H16ClF3N4O4S. The molecule has 0 spiro atoms. The molecule has 8 nitrogen and oxygen atoms in total. The van der Waals surface area contributed by atoms with E-state index in [9.17, 15) is 31.5 Å². The molecule has 2 N–H and O–H groups in total. The van der Waals surface area contributed by atoms with Gasteiger partial charge in [-0.25, -0.2) is 17.7 Å². The number of alkyl halides is 3. The highest BCUT2D eigenvalue weighted by atomic mass is 35.5. The first-order valence-electron chi connectivity index (χ1n) is 8.01. The van der Waals surface area contributed by atoms with E-state index < -0.39 is 27.7 Å². The van der Waals surface area contributed by atoms with Crippen LogP contribution in [-0.2, 0) is 14.8 Å². The van der Waals surface area contributed by atoms with Crippen LogP contribution in [0.25, 0.3) is 0 Å². The van der Waals surface area contributed by atoms with Gasteiger partial charge < -0.3 is 10.4 Å². The lowest BCUT2D eigenvalue weighted by Gasteiger charge is -2.25. The number of sulfonamides is 1. The Morgan fingerprint density at radius 1 is 1.31 bits per heavy atom. The number of amides is 1. The van der Waals surface area contributed by atoms with Gasteiger partial charge in [0, 0.05) is 18.9 Å². The Morgan fingerprint density at radius 3 is 2.45 bits per heavy atom. The van der Waals surface area contributed by atoms with Gasteiger partial charge in [-0.2, -0.15) is 13.2 Å². The number of benzene rings is 1. The van der Waals surface area contributed by atoms with Crippen LogP contribution in [0.2, 0.25) is 5.02 Å². The molecule has 0 radical (unpaired) electrons. The van der Waals surface area contributed by atoms with Crippen molar-refractivity contribution in [1.29, 1.82) is 0 Å². The van der Waals surface area contributed by atoms with Crippen molar-refractivity contribution >= 4 is 39.0 Å². The Kier molecular flexibility index (Phi) is 6.40. The third-order valence-electron chi connectivity index (χ3n) is 3.86. The number of hydrogen-bond donors (Lipinski definition) is 2. The summed E-state index contributed by atoms with van der Waals surface area (Å²) in [4.78, 5) is 19.2. The van der Waals surface area contributed by atoms with Crippen LogP contribution in [0.3, 0.4) is 0 Å². The molecule has 1 amide bonds. The highest BCUT2D eigenvalue weighted by Gasteiger charge is 2.55. The molecule has 2 rings (SSSR count). The predicted octanol–water partition coefficient (Wildman–Crippen LogP) is 2.60. The van der Waals surface area contributed by atoms with Gasteiger partial charge in [0.05, 0.1) is 21.8 Å². The number of aromatic nitrogens is 2. The van der Waals surface area contributed by atoms with Gasteiger partial charge in [0.1, 0.15) is 0 Å². The predicted molar refractivity (Wildman–Crippen MR) is 99.0 cm³/mol. The molecule has 29 heavy (non-hydrogen) atoms. The number of aliphatic hydroxyl groups is 1. The number of anilines is 2. The maximum Gasteiger partial charge on any atom is 0.426 e. The van der Waals surface area contributed by atoms with Gasteiger partial charge in [0.25, 0.3) is 15.9 Å². The van der Waals surface area contributed by atoms with Crippen LogP contribution in [-0.4, -0.2) is 47.7 Å². The summed E-state index contributed by atoms with van der Waals surface area (Å²) in [6.45, 7) is 1.88. The van der Waals surface area contributed by atoms with Crippen LogP contribution < -0.4 is 9.62 Å². The number of nitrogens with zero attached hydrogens (tertiary/aromatic N) is 3. The third kappa shape index (κ3) is 4.60. The minimum absolute atomic E-state index is 0.0194. The van der Waals surface area contributed by atoms with Crippen LogP contribution in [0, 0.1) is 0 Å². The molecule has 0 aliphatic carbocycles. The van der Waals surface area contributed by atoms with E-state index in [1.807, 2.05) is 5.32 Å². The summed E-state index contributed by atoms with van der Waals surface area (Å²) < 4.78 is 65.0. The van der Waals surface area contributed by atoms with E-state index in [4.69, 9.17) is 11.6 Å². The van der Waals surface area contributed by atoms with E-state index in [1.165, 1.54) is 18.6 Å². The smallest absolute Gasteiger partial charge is 0.373 e. The van der Waals surface area contributed by atoms with Gasteiger partial charge in [-0.3, -0.25) is 9.78 Å². The minimum Gasteiger partial charge on any atom is -0.373 e. The average Bonchev–Trinajstić information content (AvgIpc) is 2.63. The molecule has 0 fully saturated rings. The normalized spacial score (nSPS) is 14.2. The molecule has 0 saturated heterocycles. The van der Waals surface area contributed by atoms with Crippen molar-refractivity contribution < 1.29 is 31.5 Å². The molecule has 1 aromatic carbocycles. The fourth-order valence-electron chi connectivity index (χ4n) is 2.13. The number of rotatable bonds is 6. The molecule has 0 saturated carbocycles. The summed E-state index contributed by atoms with van der Waals surface area (Å²) in [5, 5.41) is 10.9. The van der Waals surface area contributed by atoms with E-state index in [0.717, 1.165) is 22.5 Å². The van der Waals surface area contributed by atoms with Gasteiger partial charge in [0.15, 0.2) is 5.82 Å². The highest BCUT2D eigenvalue weighted by molar-refractivity contribution is 7.92. The molecule has 2 aromatic rings. The van der Waals surface area contributed by atoms with Crippen LogP contribution in [0.4, 0.5) is 24.7 Å². The molecule has 13 heteroatoms. The zero-order valence-corrected chi connectivity index (χ0v) is 16.7. The Morgan fingerprint density at radius 2 is 1.97 bits per heavy atom. The number of hydrogen-bond acceptors (Lipinski definition) is 6. The van der Waals surface area contributed by atoms with E-state index >= 15 is 0 Å². The lowest BCUT2D eigenvalue weighted by Crippen LogP contribution is -2.52. The van der Waals surface area contributed by atoms with Gasteiger partial charge in [-0.05, 0) is 32.0 Å². The summed E-state index contributed by atoms with van der Waals surface area (Å²) in [6, 6.07) is 3.04. The highest BCUT2D eigenvalue weighted by Crippen LogP contribution is 2.33. The summed E-state index contributed by atoms with van der Waals surface area (Å²) in [5.74, 6) is -1.71. The van der Waals surface area contributed by atoms with E-state index in [0.29, 0.717) is 0 Å². The van der Waals surface area contributed by atoms with Gasteiger partial charge >= 0.3 is 6.18 Å². The number of carbonyl (C=O) groups excluding carboxylic acids is 1. The number of carbonyl (C=O) groups is 1. The second-order valence-corrected chi connectivity index (χ2v) is 8.17.